The molecule has 0 aromatic rings. The van der Waals surface area contributed by atoms with Crippen molar-refractivity contribution in [3.63, 3.8) is 0 Å². The lowest BCUT2D eigenvalue weighted by molar-refractivity contribution is -0.123. The number of aliphatic hydroxyl groups is 1. The molecule has 0 spiro atoms. The highest BCUT2D eigenvalue weighted by Crippen LogP contribution is 2.09. The lowest BCUT2D eigenvalue weighted by Gasteiger charge is -2.20. The fourth-order valence-electron chi connectivity index (χ4n) is 2.74. The van der Waals surface area contributed by atoms with Crippen LogP contribution in [0.25, 0.3) is 0 Å². The van der Waals surface area contributed by atoms with E-state index >= 15 is 0 Å². The number of hydrogen-bond donors (Lipinski definition) is 3. The van der Waals surface area contributed by atoms with E-state index in [9.17, 15) is 9.90 Å². The van der Waals surface area contributed by atoms with E-state index < -0.39 is 0 Å². The minimum absolute atomic E-state index is 0.0290. The van der Waals surface area contributed by atoms with Gasteiger partial charge in [-0.3, -0.25) is 4.79 Å². The largest absolute Gasteiger partial charge is 0.392 e. The molecule has 0 aromatic heterocycles. The summed E-state index contributed by atoms with van der Waals surface area (Å²) in [6.07, 6.45) is 5.41. The van der Waals surface area contributed by atoms with Crippen molar-refractivity contribution in [1.29, 1.82) is 0 Å². The molecule has 2 aliphatic rings. The SMILES string of the molecule is O=C(NCCN1CCCCCC1)C1CC(O)CN1. The Morgan fingerprint density at radius 1 is 1.28 bits per heavy atom. The van der Waals surface area contributed by atoms with Gasteiger partial charge in [0.05, 0.1) is 12.1 Å². The van der Waals surface area contributed by atoms with Crippen LogP contribution in [0.5, 0.6) is 0 Å². The summed E-state index contributed by atoms with van der Waals surface area (Å²) in [6.45, 7) is 4.52. The Morgan fingerprint density at radius 3 is 2.61 bits per heavy atom. The molecule has 18 heavy (non-hydrogen) atoms. The molecule has 2 aliphatic heterocycles. The second kappa shape index (κ2) is 7.07. The normalized spacial score (nSPS) is 30.1. The van der Waals surface area contributed by atoms with E-state index in [0.717, 1.165) is 19.6 Å². The zero-order valence-corrected chi connectivity index (χ0v) is 11.0. The summed E-state index contributed by atoms with van der Waals surface area (Å²) in [6, 6.07) is -0.205. The molecule has 2 unspecified atom stereocenters. The molecular weight excluding hydrogens is 230 g/mol. The summed E-state index contributed by atoms with van der Waals surface area (Å²) in [7, 11) is 0. The maximum Gasteiger partial charge on any atom is 0.237 e. The van der Waals surface area contributed by atoms with E-state index in [-0.39, 0.29) is 18.1 Å². The molecule has 2 fully saturated rings. The number of carbonyl (C=O) groups excluding carboxylic acids is 1. The Labute approximate surface area is 109 Å². The average Bonchev–Trinajstić information content (AvgIpc) is 2.63. The van der Waals surface area contributed by atoms with Crippen molar-refractivity contribution in [1.82, 2.24) is 15.5 Å². The smallest absolute Gasteiger partial charge is 0.237 e. The number of carbonyl (C=O) groups is 1. The summed E-state index contributed by atoms with van der Waals surface area (Å²) in [5, 5.41) is 15.3. The van der Waals surface area contributed by atoms with Crippen LogP contribution in [0.2, 0.25) is 0 Å². The lowest BCUT2D eigenvalue weighted by atomic mass is 10.2. The quantitative estimate of drug-likeness (QED) is 0.645. The fraction of sp³-hybridized carbons (Fsp3) is 0.923. The summed E-state index contributed by atoms with van der Waals surface area (Å²) >= 11 is 0. The molecule has 0 bridgehead atoms. The third kappa shape index (κ3) is 4.23. The van der Waals surface area contributed by atoms with E-state index in [0.29, 0.717) is 19.5 Å². The van der Waals surface area contributed by atoms with E-state index in [4.69, 9.17) is 0 Å². The van der Waals surface area contributed by atoms with Crippen LogP contribution in [0, 0.1) is 0 Å². The van der Waals surface area contributed by atoms with Crippen molar-refractivity contribution in [3.8, 4) is 0 Å². The molecule has 1 amide bonds. The number of aliphatic hydroxyl groups excluding tert-OH is 1. The van der Waals surface area contributed by atoms with Crippen LogP contribution in [-0.2, 0) is 4.79 Å². The van der Waals surface area contributed by atoms with Gasteiger partial charge < -0.3 is 20.6 Å². The Hall–Kier alpha value is -0.650. The first kappa shape index (κ1) is 13.8. The van der Waals surface area contributed by atoms with Gasteiger partial charge in [-0.05, 0) is 32.4 Å². The van der Waals surface area contributed by atoms with Gasteiger partial charge in [-0.25, -0.2) is 0 Å². The second-order valence-electron chi connectivity index (χ2n) is 5.40. The predicted molar refractivity (Wildman–Crippen MR) is 70.3 cm³/mol. The van der Waals surface area contributed by atoms with Crippen molar-refractivity contribution in [2.45, 2.75) is 44.2 Å². The van der Waals surface area contributed by atoms with Crippen LogP contribution in [0.4, 0.5) is 0 Å². The molecule has 104 valence electrons. The van der Waals surface area contributed by atoms with Gasteiger partial charge in [0.25, 0.3) is 0 Å². The summed E-state index contributed by atoms with van der Waals surface area (Å²) in [5.41, 5.74) is 0. The van der Waals surface area contributed by atoms with Gasteiger partial charge in [0, 0.05) is 19.6 Å². The number of likely N-dealkylation sites (tertiary alicyclic amines) is 1. The van der Waals surface area contributed by atoms with Crippen LogP contribution in [0.15, 0.2) is 0 Å². The lowest BCUT2D eigenvalue weighted by Crippen LogP contribution is -2.43. The monoisotopic (exact) mass is 255 g/mol. The topological polar surface area (TPSA) is 64.6 Å². The van der Waals surface area contributed by atoms with Gasteiger partial charge in [-0.2, -0.15) is 0 Å². The van der Waals surface area contributed by atoms with Crippen LogP contribution in [-0.4, -0.2) is 60.8 Å². The van der Waals surface area contributed by atoms with Gasteiger partial charge in [0.15, 0.2) is 0 Å². The number of amides is 1. The molecule has 0 aliphatic carbocycles. The average molecular weight is 255 g/mol. The van der Waals surface area contributed by atoms with Crippen molar-refractivity contribution >= 4 is 5.91 Å². The maximum absolute atomic E-state index is 11.8. The molecule has 3 N–H and O–H groups in total. The minimum atomic E-state index is -0.369. The third-order valence-corrected chi connectivity index (χ3v) is 3.85. The molecule has 5 nitrogen and oxygen atoms in total. The van der Waals surface area contributed by atoms with Gasteiger partial charge in [-0.1, -0.05) is 12.8 Å². The van der Waals surface area contributed by atoms with E-state index in [1.165, 1.54) is 25.7 Å². The zero-order chi connectivity index (χ0) is 12.8. The highest BCUT2D eigenvalue weighted by molar-refractivity contribution is 5.82. The van der Waals surface area contributed by atoms with Crippen molar-refractivity contribution in [2.24, 2.45) is 0 Å². The first-order chi connectivity index (χ1) is 8.75. The number of rotatable bonds is 4. The van der Waals surface area contributed by atoms with Crippen molar-refractivity contribution in [3.05, 3.63) is 0 Å². The van der Waals surface area contributed by atoms with Crippen LogP contribution < -0.4 is 10.6 Å². The van der Waals surface area contributed by atoms with Gasteiger partial charge >= 0.3 is 0 Å². The van der Waals surface area contributed by atoms with Crippen LogP contribution in [0.3, 0.4) is 0 Å². The van der Waals surface area contributed by atoms with Crippen LogP contribution in [0.1, 0.15) is 32.1 Å². The van der Waals surface area contributed by atoms with Crippen molar-refractivity contribution < 1.29 is 9.90 Å². The summed E-state index contributed by atoms with van der Waals surface area (Å²) in [5.74, 6) is 0.0290. The van der Waals surface area contributed by atoms with E-state index in [1.54, 1.807) is 0 Å². The predicted octanol–water partition coefficient (Wildman–Crippen LogP) is -0.299. The zero-order valence-electron chi connectivity index (χ0n) is 11.0. The Morgan fingerprint density at radius 2 is 2.00 bits per heavy atom. The van der Waals surface area contributed by atoms with Crippen LogP contribution >= 0.6 is 0 Å². The molecule has 0 radical (unpaired) electrons. The molecule has 5 heteroatoms. The number of nitrogens with zero attached hydrogens (tertiary/aromatic N) is 1. The van der Waals surface area contributed by atoms with Gasteiger partial charge in [0.1, 0.15) is 0 Å². The number of β-amino-alcohol motifs (C(OH)–C–C–N with tert-alkyl or cyclic N) is 1. The van der Waals surface area contributed by atoms with Gasteiger partial charge in [-0.15, -0.1) is 0 Å². The maximum atomic E-state index is 11.8. The Kier molecular flexibility index (Phi) is 5.41. The molecule has 0 aromatic carbocycles. The standard InChI is InChI=1S/C13H25N3O2/c17-11-9-12(15-10-11)13(18)14-5-8-16-6-3-1-2-4-7-16/h11-12,15,17H,1-10H2,(H,14,18). The third-order valence-electron chi connectivity index (χ3n) is 3.85. The molecular formula is C13H25N3O2. The van der Waals surface area contributed by atoms with Gasteiger partial charge in [0.2, 0.25) is 5.91 Å². The highest BCUT2D eigenvalue weighted by atomic mass is 16.3. The summed E-state index contributed by atoms with van der Waals surface area (Å²) < 4.78 is 0. The highest BCUT2D eigenvalue weighted by Gasteiger charge is 2.27. The molecule has 2 rings (SSSR count). The fourth-order valence-corrected chi connectivity index (χ4v) is 2.74. The Balaban J connectivity index is 1.60. The minimum Gasteiger partial charge on any atom is -0.392 e. The molecule has 2 atom stereocenters. The Bertz CT molecular complexity index is 265. The first-order valence-corrected chi connectivity index (χ1v) is 7.17. The first-order valence-electron chi connectivity index (χ1n) is 7.17. The van der Waals surface area contributed by atoms with Crippen molar-refractivity contribution in [2.75, 3.05) is 32.7 Å². The molecule has 2 saturated heterocycles. The molecule has 2 heterocycles. The number of nitrogens with one attached hydrogen (secondary N) is 2. The van der Waals surface area contributed by atoms with E-state index in [1.807, 2.05) is 0 Å². The van der Waals surface area contributed by atoms with E-state index in [2.05, 4.69) is 15.5 Å². The second-order valence-corrected chi connectivity index (χ2v) is 5.40. The summed E-state index contributed by atoms with van der Waals surface area (Å²) in [4.78, 5) is 14.2. The number of hydrogen-bond acceptors (Lipinski definition) is 4. The molecule has 0 saturated carbocycles.